The molecule has 0 fully saturated rings. The summed E-state index contributed by atoms with van der Waals surface area (Å²) in [5, 5.41) is 0. The van der Waals surface area contributed by atoms with E-state index in [1.54, 1.807) is 6.07 Å². The predicted octanol–water partition coefficient (Wildman–Crippen LogP) is 2.64. The van der Waals surface area contributed by atoms with Crippen molar-refractivity contribution in [3.63, 3.8) is 0 Å². The molecule has 4 heteroatoms. The summed E-state index contributed by atoms with van der Waals surface area (Å²) in [6, 6.07) is 5.53. The molecule has 1 aromatic carbocycles. The molecule has 100 valence electrons. The van der Waals surface area contributed by atoms with Crippen molar-refractivity contribution in [2.24, 2.45) is 0 Å². The minimum Gasteiger partial charge on any atom is -0.208 e. The molecule has 0 aliphatic heterocycles. The van der Waals surface area contributed by atoms with Crippen molar-refractivity contribution >= 4 is 10.0 Å². The summed E-state index contributed by atoms with van der Waals surface area (Å²) >= 11 is 0. The van der Waals surface area contributed by atoms with E-state index in [1.807, 2.05) is 26.0 Å². The molecule has 0 aromatic heterocycles. The molecule has 0 amide bonds. The molecule has 1 unspecified atom stereocenters. The van der Waals surface area contributed by atoms with Gasteiger partial charge in [-0.1, -0.05) is 13.0 Å². The van der Waals surface area contributed by atoms with Gasteiger partial charge in [0.1, 0.15) is 0 Å². The molecule has 18 heavy (non-hydrogen) atoms. The zero-order chi connectivity index (χ0) is 13.2. The molecule has 1 atom stereocenters. The van der Waals surface area contributed by atoms with Gasteiger partial charge in [0.05, 0.1) is 4.90 Å². The second-order valence-corrected chi connectivity index (χ2v) is 6.78. The summed E-state index contributed by atoms with van der Waals surface area (Å²) in [5.41, 5.74) is 2.51. The minimum absolute atomic E-state index is 0.0222. The lowest BCUT2D eigenvalue weighted by Gasteiger charge is -2.18. The molecule has 1 aromatic rings. The van der Waals surface area contributed by atoms with Crippen molar-refractivity contribution in [2.45, 2.75) is 56.9 Å². The van der Waals surface area contributed by atoms with Crippen molar-refractivity contribution in [1.82, 2.24) is 4.72 Å². The first kappa shape index (κ1) is 13.6. The maximum absolute atomic E-state index is 12.2. The van der Waals surface area contributed by atoms with Gasteiger partial charge in [0.25, 0.3) is 0 Å². The fourth-order valence-corrected chi connectivity index (χ4v) is 3.67. The highest BCUT2D eigenvalue weighted by atomic mass is 32.2. The van der Waals surface area contributed by atoms with Gasteiger partial charge in [-0.05, 0) is 62.3 Å². The van der Waals surface area contributed by atoms with Gasteiger partial charge in [0.2, 0.25) is 10.0 Å². The Balaban J connectivity index is 2.28. The van der Waals surface area contributed by atoms with Gasteiger partial charge >= 0.3 is 0 Å². The van der Waals surface area contributed by atoms with Crippen molar-refractivity contribution in [3.05, 3.63) is 29.3 Å². The Bertz CT molecular complexity index is 523. The Kier molecular flexibility index (Phi) is 4.07. The van der Waals surface area contributed by atoms with Gasteiger partial charge in [0, 0.05) is 6.04 Å². The Labute approximate surface area is 110 Å². The first-order valence-electron chi connectivity index (χ1n) is 6.67. The summed E-state index contributed by atoms with van der Waals surface area (Å²) in [7, 11) is -3.36. The molecular formula is C14H21NO2S. The van der Waals surface area contributed by atoms with Crippen molar-refractivity contribution in [2.75, 3.05) is 0 Å². The number of hydrogen-bond donors (Lipinski definition) is 1. The third-order valence-corrected chi connectivity index (χ3v) is 5.19. The van der Waals surface area contributed by atoms with Crippen LogP contribution in [0.3, 0.4) is 0 Å². The van der Waals surface area contributed by atoms with E-state index in [-0.39, 0.29) is 6.04 Å². The van der Waals surface area contributed by atoms with Gasteiger partial charge in [-0.15, -0.1) is 0 Å². The molecular weight excluding hydrogens is 246 g/mol. The quantitative estimate of drug-likeness (QED) is 0.911. The predicted molar refractivity (Wildman–Crippen MR) is 73.2 cm³/mol. The van der Waals surface area contributed by atoms with Crippen molar-refractivity contribution in [1.29, 1.82) is 0 Å². The van der Waals surface area contributed by atoms with E-state index in [0.717, 1.165) is 25.7 Å². The molecule has 0 heterocycles. The summed E-state index contributed by atoms with van der Waals surface area (Å²) in [6.45, 7) is 3.86. The van der Waals surface area contributed by atoms with Crippen LogP contribution in [-0.2, 0) is 22.9 Å². The second kappa shape index (κ2) is 5.41. The highest BCUT2D eigenvalue weighted by Crippen LogP contribution is 2.24. The molecule has 1 aliphatic carbocycles. The topological polar surface area (TPSA) is 46.2 Å². The second-order valence-electron chi connectivity index (χ2n) is 5.07. The molecule has 3 nitrogen and oxygen atoms in total. The maximum atomic E-state index is 12.2. The van der Waals surface area contributed by atoms with Crippen LogP contribution in [0.5, 0.6) is 0 Å². The lowest BCUT2D eigenvalue weighted by atomic mass is 9.92. The van der Waals surface area contributed by atoms with E-state index < -0.39 is 10.0 Å². The third kappa shape index (κ3) is 2.93. The molecule has 0 spiro atoms. The van der Waals surface area contributed by atoms with Crippen LogP contribution in [0.4, 0.5) is 0 Å². The van der Waals surface area contributed by atoms with Crippen LogP contribution in [0.25, 0.3) is 0 Å². The normalized spacial score (nSPS) is 17.2. The highest BCUT2D eigenvalue weighted by molar-refractivity contribution is 7.89. The summed E-state index contributed by atoms with van der Waals surface area (Å²) in [4.78, 5) is 0.406. The molecule has 0 saturated carbocycles. The Hall–Kier alpha value is -0.870. The molecule has 0 saturated heterocycles. The monoisotopic (exact) mass is 267 g/mol. The molecule has 0 radical (unpaired) electrons. The largest absolute Gasteiger partial charge is 0.240 e. The summed E-state index contributed by atoms with van der Waals surface area (Å²) in [6.07, 6.45) is 5.25. The van der Waals surface area contributed by atoms with E-state index in [2.05, 4.69) is 4.72 Å². The van der Waals surface area contributed by atoms with E-state index >= 15 is 0 Å². The maximum Gasteiger partial charge on any atom is 0.240 e. The summed E-state index contributed by atoms with van der Waals surface area (Å²) in [5.74, 6) is 0. The van der Waals surface area contributed by atoms with E-state index in [1.165, 1.54) is 17.5 Å². The van der Waals surface area contributed by atoms with E-state index in [9.17, 15) is 8.42 Å². The number of sulfonamides is 1. The third-order valence-electron chi connectivity index (χ3n) is 3.60. The van der Waals surface area contributed by atoms with Crippen LogP contribution in [0.15, 0.2) is 23.1 Å². The van der Waals surface area contributed by atoms with E-state index in [4.69, 9.17) is 0 Å². The number of nitrogens with one attached hydrogen (secondary N) is 1. The van der Waals surface area contributed by atoms with Crippen molar-refractivity contribution in [3.8, 4) is 0 Å². The van der Waals surface area contributed by atoms with Crippen LogP contribution in [-0.4, -0.2) is 14.5 Å². The van der Waals surface area contributed by atoms with Crippen LogP contribution in [0, 0.1) is 0 Å². The average Bonchev–Trinajstić information content (AvgIpc) is 2.37. The first-order chi connectivity index (χ1) is 8.53. The molecule has 0 bridgehead atoms. The first-order valence-corrected chi connectivity index (χ1v) is 8.15. The highest BCUT2D eigenvalue weighted by Gasteiger charge is 2.19. The number of aryl methyl sites for hydroxylation is 2. The van der Waals surface area contributed by atoms with Gasteiger partial charge in [0.15, 0.2) is 0 Å². The van der Waals surface area contributed by atoms with Crippen molar-refractivity contribution < 1.29 is 8.42 Å². The van der Waals surface area contributed by atoms with Crippen LogP contribution >= 0.6 is 0 Å². The number of hydrogen-bond acceptors (Lipinski definition) is 2. The molecule has 1 aliphatic rings. The van der Waals surface area contributed by atoms with Gasteiger partial charge in [-0.2, -0.15) is 0 Å². The summed E-state index contributed by atoms with van der Waals surface area (Å²) < 4.78 is 27.1. The molecule has 1 N–H and O–H groups in total. The fraction of sp³-hybridized carbons (Fsp3) is 0.571. The lowest BCUT2D eigenvalue weighted by molar-refractivity contribution is 0.555. The van der Waals surface area contributed by atoms with Gasteiger partial charge < -0.3 is 0 Å². The van der Waals surface area contributed by atoms with Crippen LogP contribution in [0.1, 0.15) is 44.2 Å². The Morgan fingerprint density at radius 1 is 1.22 bits per heavy atom. The fourth-order valence-electron chi connectivity index (χ4n) is 2.29. The minimum atomic E-state index is -3.36. The number of rotatable bonds is 4. The molecule has 2 rings (SSSR count). The average molecular weight is 267 g/mol. The van der Waals surface area contributed by atoms with Crippen LogP contribution in [0.2, 0.25) is 0 Å². The standard InChI is InChI=1S/C14H21NO2S/c1-3-11(2)15-18(16,17)14-9-8-12-6-4-5-7-13(12)10-14/h8-11,15H,3-7H2,1-2H3. The van der Waals surface area contributed by atoms with E-state index in [0.29, 0.717) is 4.90 Å². The van der Waals surface area contributed by atoms with Crippen LogP contribution < -0.4 is 4.72 Å². The number of benzene rings is 1. The zero-order valence-corrected chi connectivity index (χ0v) is 11.9. The zero-order valence-electron chi connectivity index (χ0n) is 11.1. The van der Waals surface area contributed by atoms with Gasteiger partial charge in [-0.3, -0.25) is 0 Å². The van der Waals surface area contributed by atoms with Gasteiger partial charge in [-0.25, -0.2) is 13.1 Å². The Morgan fingerprint density at radius 2 is 1.89 bits per heavy atom. The SMILES string of the molecule is CCC(C)NS(=O)(=O)c1ccc2c(c1)CCCC2. The lowest BCUT2D eigenvalue weighted by Crippen LogP contribution is -2.32. The Morgan fingerprint density at radius 3 is 2.56 bits per heavy atom. The smallest absolute Gasteiger partial charge is 0.208 e. The number of fused-ring (bicyclic) bond motifs is 1.